The summed E-state index contributed by atoms with van der Waals surface area (Å²) >= 11 is 6.06. The van der Waals surface area contributed by atoms with Crippen LogP contribution in [0.2, 0.25) is 5.02 Å². The molecule has 31 heavy (non-hydrogen) atoms. The molecule has 2 aromatic heterocycles. The van der Waals surface area contributed by atoms with Gasteiger partial charge in [-0.2, -0.15) is 10.1 Å². The van der Waals surface area contributed by atoms with Crippen LogP contribution in [0.3, 0.4) is 0 Å². The van der Waals surface area contributed by atoms with Crippen LogP contribution in [0.25, 0.3) is 17.1 Å². The van der Waals surface area contributed by atoms with E-state index in [2.05, 4.69) is 25.6 Å². The highest BCUT2D eigenvalue weighted by Gasteiger charge is 2.18. The molecule has 2 heterocycles. The molecule has 4 rings (SSSR count). The molecule has 0 fully saturated rings. The minimum Gasteiger partial charge on any atom is -0.497 e. The van der Waals surface area contributed by atoms with Crippen molar-refractivity contribution < 1.29 is 14.3 Å². The summed E-state index contributed by atoms with van der Waals surface area (Å²) in [6.07, 6.45) is 1.49. The van der Waals surface area contributed by atoms with Gasteiger partial charge in [0.2, 0.25) is 5.95 Å². The van der Waals surface area contributed by atoms with Gasteiger partial charge in [0.1, 0.15) is 11.5 Å². The van der Waals surface area contributed by atoms with Crippen LogP contribution in [-0.4, -0.2) is 45.1 Å². The quantitative estimate of drug-likeness (QED) is 0.473. The fraction of sp³-hybridized carbons (Fsp3) is 0.143. The third-order valence-corrected chi connectivity index (χ3v) is 4.92. The van der Waals surface area contributed by atoms with Crippen molar-refractivity contribution in [1.29, 1.82) is 0 Å². The highest BCUT2D eigenvalue weighted by Crippen LogP contribution is 2.31. The molecule has 0 aliphatic heterocycles. The van der Waals surface area contributed by atoms with Crippen molar-refractivity contribution in [1.82, 2.24) is 25.0 Å². The molecule has 0 atom stereocenters. The van der Waals surface area contributed by atoms with Crippen LogP contribution < -0.4 is 14.8 Å². The molecule has 2 aromatic carbocycles. The number of nitrogens with zero attached hydrogens (tertiary/aromatic N) is 4. The van der Waals surface area contributed by atoms with E-state index < -0.39 is 0 Å². The number of methoxy groups -OCH3 is 2. The standard InChI is InChI=1S/C21H19ClN6O3/c1-12-17(11-23-28(12)14-6-4-5-13(22)9-14)20(29)25-21-24-19(26-27-21)16-8-7-15(30-2)10-18(16)31-3/h4-11H,1-3H3,(H2,24,25,26,27,29). The lowest BCUT2D eigenvalue weighted by Crippen LogP contribution is -2.14. The Labute approximate surface area is 183 Å². The highest BCUT2D eigenvalue weighted by molar-refractivity contribution is 6.30. The van der Waals surface area contributed by atoms with Crippen LogP contribution in [0, 0.1) is 6.92 Å². The summed E-state index contributed by atoms with van der Waals surface area (Å²) in [4.78, 5) is 17.1. The summed E-state index contributed by atoms with van der Waals surface area (Å²) in [5.74, 6) is 1.42. The Morgan fingerprint density at radius 1 is 1.16 bits per heavy atom. The third-order valence-electron chi connectivity index (χ3n) is 4.68. The molecule has 0 spiro atoms. The molecular formula is C21H19ClN6O3. The molecule has 2 N–H and O–H groups in total. The summed E-state index contributed by atoms with van der Waals surface area (Å²) in [5.41, 5.74) is 2.50. The predicted octanol–water partition coefficient (Wildman–Crippen LogP) is 3.89. The lowest BCUT2D eigenvalue weighted by molar-refractivity contribution is 0.102. The Hall–Kier alpha value is -3.85. The van der Waals surface area contributed by atoms with Crippen LogP contribution in [0.15, 0.2) is 48.7 Å². The Kier molecular flexibility index (Phi) is 5.59. The van der Waals surface area contributed by atoms with E-state index in [1.165, 1.54) is 6.20 Å². The fourth-order valence-electron chi connectivity index (χ4n) is 3.10. The maximum atomic E-state index is 12.8. The first kappa shape index (κ1) is 20.4. The van der Waals surface area contributed by atoms with Gasteiger partial charge in [0.25, 0.3) is 5.91 Å². The van der Waals surface area contributed by atoms with Gasteiger partial charge in [-0.05, 0) is 37.3 Å². The number of H-pyrrole nitrogens is 1. The van der Waals surface area contributed by atoms with Gasteiger partial charge in [0.05, 0.1) is 42.9 Å². The second-order valence-corrected chi connectivity index (χ2v) is 7.00. The van der Waals surface area contributed by atoms with Crippen molar-refractivity contribution in [3.63, 3.8) is 0 Å². The molecule has 158 valence electrons. The molecule has 0 saturated heterocycles. The number of nitrogens with one attached hydrogen (secondary N) is 2. The molecule has 4 aromatic rings. The Bertz CT molecular complexity index is 1250. The van der Waals surface area contributed by atoms with Crippen LogP contribution >= 0.6 is 11.6 Å². The second kappa shape index (κ2) is 8.49. The zero-order valence-electron chi connectivity index (χ0n) is 17.0. The van der Waals surface area contributed by atoms with Crippen molar-refractivity contribution in [2.24, 2.45) is 0 Å². The van der Waals surface area contributed by atoms with Crippen LogP contribution in [-0.2, 0) is 0 Å². The number of carbonyl (C=O) groups excluding carboxylic acids is 1. The SMILES string of the molecule is COc1ccc(-c2nc(NC(=O)c3cnn(-c4cccc(Cl)c4)c3C)n[nH]2)c(OC)c1. The average Bonchev–Trinajstić information content (AvgIpc) is 3.39. The number of carbonyl (C=O) groups is 1. The normalized spacial score (nSPS) is 10.7. The van der Waals surface area contributed by atoms with E-state index in [9.17, 15) is 4.79 Å². The molecular weight excluding hydrogens is 420 g/mol. The highest BCUT2D eigenvalue weighted by atomic mass is 35.5. The Morgan fingerprint density at radius 2 is 2.00 bits per heavy atom. The van der Waals surface area contributed by atoms with Gasteiger partial charge in [0, 0.05) is 11.1 Å². The zero-order valence-corrected chi connectivity index (χ0v) is 17.8. The molecule has 0 saturated carbocycles. The first-order valence-corrected chi connectivity index (χ1v) is 9.64. The van der Waals surface area contributed by atoms with Crippen molar-refractivity contribution in [3.8, 4) is 28.6 Å². The lowest BCUT2D eigenvalue weighted by atomic mass is 10.2. The van der Waals surface area contributed by atoms with E-state index in [0.717, 1.165) is 5.69 Å². The monoisotopic (exact) mass is 438 g/mol. The van der Waals surface area contributed by atoms with E-state index in [4.69, 9.17) is 21.1 Å². The summed E-state index contributed by atoms with van der Waals surface area (Å²) in [6, 6.07) is 12.5. The number of halogens is 1. The van der Waals surface area contributed by atoms with Crippen molar-refractivity contribution in [2.75, 3.05) is 19.5 Å². The molecule has 0 unspecified atom stereocenters. The molecule has 10 heteroatoms. The molecule has 0 aliphatic carbocycles. The van der Waals surface area contributed by atoms with Gasteiger partial charge in [0.15, 0.2) is 5.82 Å². The minimum atomic E-state index is -0.377. The smallest absolute Gasteiger partial charge is 0.261 e. The number of rotatable bonds is 6. The first-order valence-electron chi connectivity index (χ1n) is 9.27. The van der Waals surface area contributed by atoms with Crippen LogP contribution in [0.5, 0.6) is 11.5 Å². The maximum Gasteiger partial charge on any atom is 0.261 e. The topological polar surface area (TPSA) is 107 Å². The summed E-state index contributed by atoms with van der Waals surface area (Å²) < 4.78 is 12.2. The molecule has 9 nitrogen and oxygen atoms in total. The molecule has 1 amide bonds. The van der Waals surface area contributed by atoms with Crippen LogP contribution in [0.1, 0.15) is 16.1 Å². The number of hydrogen-bond donors (Lipinski definition) is 2. The second-order valence-electron chi connectivity index (χ2n) is 6.56. The number of hydrogen-bond acceptors (Lipinski definition) is 6. The minimum absolute atomic E-state index is 0.132. The summed E-state index contributed by atoms with van der Waals surface area (Å²) in [6.45, 7) is 1.80. The third kappa shape index (κ3) is 4.08. The van der Waals surface area contributed by atoms with Gasteiger partial charge >= 0.3 is 0 Å². The number of anilines is 1. The number of aromatic nitrogens is 5. The number of ether oxygens (including phenoxy) is 2. The van der Waals surface area contributed by atoms with Gasteiger partial charge < -0.3 is 9.47 Å². The van der Waals surface area contributed by atoms with E-state index in [1.54, 1.807) is 56.2 Å². The number of aromatic amines is 1. The Morgan fingerprint density at radius 3 is 2.74 bits per heavy atom. The van der Waals surface area contributed by atoms with Gasteiger partial charge in [-0.1, -0.05) is 17.7 Å². The zero-order chi connectivity index (χ0) is 22.0. The maximum absolute atomic E-state index is 12.8. The van der Waals surface area contributed by atoms with E-state index >= 15 is 0 Å². The molecule has 0 bridgehead atoms. The van der Waals surface area contributed by atoms with E-state index in [0.29, 0.717) is 39.2 Å². The van der Waals surface area contributed by atoms with Crippen molar-refractivity contribution in [3.05, 3.63) is 64.9 Å². The van der Waals surface area contributed by atoms with Gasteiger partial charge in [-0.3, -0.25) is 15.2 Å². The van der Waals surface area contributed by atoms with Crippen LogP contribution in [0.4, 0.5) is 5.95 Å². The number of benzene rings is 2. The van der Waals surface area contributed by atoms with Gasteiger partial charge in [-0.15, -0.1) is 5.10 Å². The fourth-order valence-corrected chi connectivity index (χ4v) is 3.29. The average molecular weight is 439 g/mol. The summed E-state index contributed by atoms with van der Waals surface area (Å²) in [7, 11) is 3.13. The van der Waals surface area contributed by atoms with Crippen molar-refractivity contribution >= 4 is 23.5 Å². The summed E-state index contributed by atoms with van der Waals surface area (Å²) in [5, 5.41) is 14.5. The van der Waals surface area contributed by atoms with E-state index in [-0.39, 0.29) is 11.9 Å². The first-order chi connectivity index (χ1) is 15.0. The largest absolute Gasteiger partial charge is 0.497 e. The van der Waals surface area contributed by atoms with Gasteiger partial charge in [-0.25, -0.2) is 4.68 Å². The van der Waals surface area contributed by atoms with Crippen molar-refractivity contribution in [2.45, 2.75) is 6.92 Å². The van der Waals surface area contributed by atoms with E-state index in [1.807, 2.05) is 12.1 Å². The predicted molar refractivity (Wildman–Crippen MR) is 116 cm³/mol. The molecule has 0 aliphatic rings. The lowest BCUT2D eigenvalue weighted by Gasteiger charge is -2.07. The number of amides is 1. The Balaban J connectivity index is 1.55. The molecule has 0 radical (unpaired) electrons.